The summed E-state index contributed by atoms with van der Waals surface area (Å²) in [5, 5.41) is 3.52. The Hall–Kier alpha value is -0.120. The molecule has 1 aliphatic heterocycles. The smallest absolute Gasteiger partial charge is 0.0622 e. The molecule has 0 aromatic heterocycles. The summed E-state index contributed by atoms with van der Waals surface area (Å²) in [5.74, 6) is 0.995. The van der Waals surface area contributed by atoms with Crippen LogP contribution in [0.2, 0.25) is 0 Å². The molecule has 0 radical (unpaired) electrons. The molecule has 1 unspecified atom stereocenters. The summed E-state index contributed by atoms with van der Waals surface area (Å²) >= 11 is 0. The molecule has 0 amide bonds. The van der Waals surface area contributed by atoms with E-state index < -0.39 is 0 Å². The maximum absolute atomic E-state index is 5.37. The van der Waals surface area contributed by atoms with E-state index in [-0.39, 0.29) is 0 Å². The minimum Gasteiger partial charge on any atom is -0.380 e. The zero-order valence-corrected chi connectivity index (χ0v) is 9.17. The molecular weight excluding hydrogens is 176 g/mol. The van der Waals surface area contributed by atoms with E-state index in [2.05, 4.69) is 17.3 Å². The quantitative estimate of drug-likeness (QED) is 0.636. The highest BCUT2D eigenvalue weighted by atomic mass is 16.5. The molecule has 82 valence electrons. The number of nitrogens with one attached hydrogen (secondary N) is 1. The number of hydrogen-bond acceptors (Lipinski definition) is 3. The van der Waals surface area contributed by atoms with Gasteiger partial charge in [-0.05, 0) is 38.8 Å². The number of likely N-dealkylation sites (N-methyl/N-ethyl adjacent to an activating group) is 1. The van der Waals surface area contributed by atoms with E-state index in [1.807, 2.05) is 0 Å². The van der Waals surface area contributed by atoms with Crippen molar-refractivity contribution < 1.29 is 4.74 Å². The molecule has 14 heavy (non-hydrogen) atoms. The molecule has 1 aliphatic carbocycles. The zero-order valence-electron chi connectivity index (χ0n) is 9.17. The standard InChI is InChI=1S/C11H22N2O/c1-13(11-4-7-14-9-11)6-5-12-8-10-2-3-10/h10-12H,2-9H2,1H3. The first-order valence-corrected chi connectivity index (χ1v) is 5.85. The number of nitrogens with zero attached hydrogens (tertiary/aromatic N) is 1. The van der Waals surface area contributed by atoms with Crippen molar-refractivity contribution in [3.05, 3.63) is 0 Å². The van der Waals surface area contributed by atoms with Crippen LogP contribution in [0.1, 0.15) is 19.3 Å². The summed E-state index contributed by atoms with van der Waals surface area (Å²) in [6.45, 7) is 5.39. The topological polar surface area (TPSA) is 24.5 Å². The van der Waals surface area contributed by atoms with Crippen molar-refractivity contribution in [3.63, 3.8) is 0 Å². The van der Waals surface area contributed by atoms with Gasteiger partial charge < -0.3 is 10.1 Å². The van der Waals surface area contributed by atoms with Crippen molar-refractivity contribution in [2.75, 3.05) is 39.9 Å². The van der Waals surface area contributed by atoms with Crippen molar-refractivity contribution in [1.82, 2.24) is 10.2 Å². The SMILES string of the molecule is CN(CCNCC1CC1)C1CCOC1. The minimum atomic E-state index is 0.665. The largest absolute Gasteiger partial charge is 0.380 e. The van der Waals surface area contributed by atoms with E-state index in [0.29, 0.717) is 6.04 Å². The Bertz CT molecular complexity index is 165. The number of rotatable bonds is 6. The van der Waals surface area contributed by atoms with Crippen LogP contribution in [0.3, 0.4) is 0 Å². The highest BCUT2D eigenvalue weighted by Crippen LogP contribution is 2.27. The van der Waals surface area contributed by atoms with Gasteiger partial charge in [0.2, 0.25) is 0 Å². The Morgan fingerprint density at radius 1 is 1.36 bits per heavy atom. The van der Waals surface area contributed by atoms with E-state index in [4.69, 9.17) is 4.74 Å². The Morgan fingerprint density at radius 3 is 2.86 bits per heavy atom. The van der Waals surface area contributed by atoms with E-state index in [9.17, 15) is 0 Å². The first-order valence-electron chi connectivity index (χ1n) is 5.85. The highest BCUT2D eigenvalue weighted by Gasteiger charge is 2.21. The third-order valence-electron chi connectivity index (χ3n) is 3.30. The number of hydrogen-bond donors (Lipinski definition) is 1. The van der Waals surface area contributed by atoms with Crippen molar-refractivity contribution in [3.8, 4) is 0 Å². The summed E-state index contributed by atoms with van der Waals surface area (Å²) in [7, 11) is 2.21. The molecule has 1 saturated carbocycles. The second-order valence-electron chi connectivity index (χ2n) is 4.65. The molecule has 0 spiro atoms. The van der Waals surface area contributed by atoms with E-state index >= 15 is 0 Å². The summed E-state index contributed by atoms with van der Waals surface area (Å²) in [6.07, 6.45) is 4.09. The van der Waals surface area contributed by atoms with E-state index in [1.165, 1.54) is 25.8 Å². The molecule has 1 atom stereocenters. The summed E-state index contributed by atoms with van der Waals surface area (Å²) in [5.41, 5.74) is 0. The molecule has 1 heterocycles. The van der Waals surface area contributed by atoms with Crippen LogP contribution in [-0.2, 0) is 4.74 Å². The summed E-state index contributed by atoms with van der Waals surface area (Å²) < 4.78 is 5.37. The molecule has 1 N–H and O–H groups in total. The average Bonchev–Trinajstić information content (AvgIpc) is 2.84. The van der Waals surface area contributed by atoms with Gasteiger partial charge in [0.05, 0.1) is 6.61 Å². The summed E-state index contributed by atoms with van der Waals surface area (Å²) in [6, 6.07) is 0.665. The Kier molecular flexibility index (Phi) is 3.79. The molecule has 2 fully saturated rings. The normalized spacial score (nSPS) is 27.4. The second kappa shape index (κ2) is 5.10. The van der Waals surface area contributed by atoms with Gasteiger partial charge in [0.1, 0.15) is 0 Å². The third-order valence-corrected chi connectivity index (χ3v) is 3.30. The van der Waals surface area contributed by atoms with Gasteiger partial charge in [-0.3, -0.25) is 4.90 Å². The maximum Gasteiger partial charge on any atom is 0.0622 e. The van der Waals surface area contributed by atoms with Crippen molar-refractivity contribution in [2.45, 2.75) is 25.3 Å². The minimum absolute atomic E-state index is 0.665. The van der Waals surface area contributed by atoms with Gasteiger partial charge in [-0.2, -0.15) is 0 Å². The summed E-state index contributed by atoms with van der Waals surface area (Å²) in [4.78, 5) is 2.42. The lowest BCUT2D eigenvalue weighted by Crippen LogP contribution is -2.37. The van der Waals surface area contributed by atoms with Gasteiger partial charge in [0.15, 0.2) is 0 Å². The Balaban J connectivity index is 1.50. The van der Waals surface area contributed by atoms with Gasteiger partial charge >= 0.3 is 0 Å². The molecule has 0 aromatic rings. The zero-order chi connectivity index (χ0) is 9.80. The maximum atomic E-state index is 5.37. The molecule has 3 nitrogen and oxygen atoms in total. The van der Waals surface area contributed by atoms with Gasteiger partial charge in [-0.25, -0.2) is 0 Å². The van der Waals surface area contributed by atoms with Crippen molar-refractivity contribution in [2.24, 2.45) is 5.92 Å². The lowest BCUT2D eigenvalue weighted by molar-refractivity contribution is 0.159. The predicted octanol–water partition coefficient (Wildman–Crippen LogP) is 0.707. The Labute approximate surface area is 86.8 Å². The van der Waals surface area contributed by atoms with Crippen LogP contribution in [0.5, 0.6) is 0 Å². The highest BCUT2D eigenvalue weighted by molar-refractivity contribution is 4.76. The predicted molar refractivity (Wildman–Crippen MR) is 57.4 cm³/mol. The van der Waals surface area contributed by atoms with E-state index in [0.717, 1.165) is 32.2 Å². The molecule has 2 rings (SSSR count). The van der Waals surface area contributed by atoms with Gasteiger partial charge in [0, 0.05) is 25.7 Å². The second-order valence-corrected chi connectivity index (χ2v) is 4.65. The van der Waals surface area contributed by atoms with Gasteiger partial charge in [-0.15, -0.1) is 0 Å². The van der Waals surface area contributed by atoms with Gasteiger partial charge in [-0.1, -0.05) is 0 Å². The molecule has 3 heteroatoms. The van der Waals surface area contributed by atoms with Crippen LogP contribution in [0.4, 0.5) is 0 Å². The number of ether oxygens (including phenoxy) is 1. The lowest BCUT2D eigenvalue weighted by Gasteiger charge is -2.22. The lowest BCUT2D eigenvalue weighted by atomic mass is 10.2. The monoisotopic (exact) mass is 198 g/mol. The molecule has 0 bridgehead atoms. The van der Waals surface area contributed by atoms with Gasteiger partial charge in [0.25, 0.3) is 0 Å². The fourth-order valence-electron chi connectivity index (χ4n) is 1.94. The van der Waals surface area contributed by atoms with Crippen LogP contribution in [-0.4, -0.2) is 50.8 Å². The van der Waals surface area contributed by atoms with E-state index in [1.54, 1.807) is 0 Å². The third kappa shape index (κ3) is 3.23. The van der Waals surface area contributed by atoms with Crippen LogP contribution < -0.4 is 5.32 Å². The van der Waals surface area contributed by atoms with Crippen molar-refractivity contribution >= 4 is 0 Å². The molecule has 2 aliphatic rings. The molecular formula is C11H22N2O. The Morgan fingerprint density at radius 2 is 2.21 bits per heavy atom. The van der Waals surface area contributed by atoms with Crippen LogP contribution in [0.25, 0.3) is 0 Å². The fourth-order valence-corrected chi connectivity index (χ4v) is 1.94. The van der Waals surface area contributed by atoms with Crippen molar-refractivity contribution in [1.29, 1.82) is 0 Å². The fraction of sp³-hybridized carbons (Fsp3) is 1.00. The van der Waals surface area contributed by atoms with Crippen LogP contribution in [0.15, 0.2) is 0 Å². The molecule has 0 aromatic carbocycles. The van der Waals surface area contributed by atoms with Crippen LogP contribution in [0, 0.1) is 5.92 Å². The first kappa shape index (κ1) is 10.4. The van der Waals surface area contributed by atoms with Crippen LogP contribution >= 0.6 is 0 Å². The first-order chi connectivity index (χ1) is 6.86. The molecule has 1 saturated heterocycles. The average molecular weight is 198 g/mol.